The van der Waals surface area contributed by atoms with Crippen LogP contribution in [0.15, 0.2) is 48.5 Å². The number of ether oxygens (including phenoxy) is 1. The highest BCUT2D eigenvalue weighted by atomic mass is 32.1. The summed E-state index contributed by atoms with van der Waals surface area (Å²) in [4.78, 5) is 27.1. The van der Waals surface area contributed by atoms with E-state index in [9.17, 15) is 9.59 Å². The minimum Gasteiger partial charge on any atom is -0.481 e. The Kier molecular flexibility index (Phi) is 5.98. The molecular weight excluding hydrogens is 362 g/mol. The van der Waals surface area contributed by atoms with Crippen molar-refractivity contribution in [3.8, 4) is 0 Å². The zero-order valence-electron chi connectivity index (χ0n) is 14.8. The Hall–Kier alpha value is -2.99. The van der Waals surface area contributed by atoms with Gasteiger partial charge in [0, 0.05) is 6.42 Å². The maximum absolute atomic E-state index is 11.6. The van der Waals surface area contributed by atoms with Crippen LogP contribution in [0.1, 0.15) is 40.2 Å². The van der Waals surface area contributed by atoms with Crippen LogP contribution in [-0.4, -0.2) is 29.1 Å². The second kappa shape index (κ2) is 8.60. The van der Waals surface area contributed by atoms with Crippen molar-refractivity contribution in [3.05, 3.63) is 64.7 Å². The van der Waals surface area contributed by atoms with Crippen LogP contribution >= 0.6 is 11.3 Å². The number of carbonyl (C=O) groups is 2. The zero-order chi connectivity index (χ0) is 19.2. The lowest BCUT2D eigenvalue weighted by atomic mass is 10.0. The average molecular weight is 381 g/mol. The molecule has 0 saturated heterocycles. The molecule has 1 aromatic heterocycles. The highest BCUT2D eigenvalue weighted by Crippen LogP contribution is 2.31. The molecule has 1 N–H and O–H groups in total. The van der Waals surface area contributed by atoms with Crippen LogP contribution in [0.4, 0.5) is 0 Å². The molecule has 27 heavy (non-hydrogen) atoms. The minimum absolute atomic E-state index is 0.115. The van der Waals surface area contributed by atoms with Gasteiger partial charge in [0.25, 0.3) is 0 Å². The second-order valence-electron chi connectivity index (χ2n) is 6.02. The van der Waals surface area contributed by atoms with E-state index in [-0.39, 0.29) is 12.4 Å². The summed E-state index contributed by atoms with van der Waals surface area (Å²) in [6.07, 6.45) is 3.27. The molecule has 0 saturated carbocycles. The minimum atomic E-state index is -0.805. The molecule has 5 nitrogen and oxygen atoms in total. The van der Waals surface area contributed by atoms with Gasteiger partial charge in [-0.15, -0.1) is 11.3 Å². The Morgan fingerprint density at radius 2 is 1.85 bits per heavy atom. The molecule has 0 spiro atoms. The number of thiazole rings is 1. The summed E-state index contributed by atoms with van der Waals surface area (Å²) in [5.74, 6) is -1.18. The van der Waals surface area contributed by atoms with Crippen molar-refractivity contribution in [1.82, 2.24) is 4.98 Å². The van der Waals surface area contributed by atoms with Gasteiger partial charge in [-0.3, -0.25) is 4.79 Å². The molecule has 0 atom stereocenters. The largest absolute Gasteiger partial charge is 0.481 e. The summed E-state index contributed by atoms with van der Waals surface area (Å²) in [7, 11) is 1.35. The zero-order valence-corrected chi connectivity index (χ0v) is 15.7. The molecule has 3 rings (SSSR count). The number of esters is 1. The summed E-state index contributed by atoms with van der Waals surface area (Å²) in [6.45, 7) is 0. The smallest absolute Gasteiger partial charge is 0.337 e. The topological polar surface area (TPSA) is 76.5 Å². The van der Waals surface area contributed by atoms with Crippen LogP contribution in [-0.2, 0) is 9.53 Å². The number of aromatic nitrogens is 1. The van der Waals surface area contributed by atoms with Gasteiger partial charge in [-0.1, -0.05) is 24.3 Å². The van der Waals surface area contributed by atoms with E-state index in [1.807, 2.05) is 42.5 Å². The fourth-order valence-corrected chi connectivity index (χ4v) is 3.72. The van der Waals surface area contributed by atoms with Gasteiger partial charge in [0.2, 0.25) is 0 Å². The van der Waals surface area contributed by atoms with Crippen molar-refractivity contribution in [2.24, 2.45) is 0 Å². The van der Waals surface area contributed by atoms with Crippen molar-refractivity contribution >= 4 is 45.1 Å². The summed E-state index contributed by atoms with van der Waals surface area (Å²) in [6, 6.07) is 15.0. The van der Waals surface area contributed by atoms with Gasteiger partial charge in [0.1, 0.15) is 5.01 Å². The predicted molar refractivity (Wildman–Crippen MR) is 107 cm³/mol. The number of carboxylic acids is 1. The Bertz CT molecular complexity index is 956. The van der Waals surface area contributed by atoms with Crippen LogP contribution < -0.4 is 0 Å². The highest BCUT2D eigenvalue weighted by Gasteiger charge is 2.11. The fraction of sp³-hybridized carbons (Fsp3) is 0.190. The van der Waals surface area contributed by atoms with Crippen molar-refractivity contribution in [3.63, 3.8) is 0 Å². The molecule has 0 aliphatic carbocycles. The van der Waals surface area contributed by atoms with E-state index in [2.05, 4.69) is 0 Å². The van der Waals surface area contributed by atoms with Crippen LogP contribution in [0, 0.1) is 0 Å². The molecule has 0 aliphatic rings. The number of methoxy groups -OCH3 is 1. The van der Waals surface area contributed by atoms with Gasteiger partial charge >= 0.3 is 11.9 Å². The maximum Gasteiger partial charge on any atom is 0.337 e. The van der Waals surface area contributed by atoms with E-state index in [1.54, 1.807) is 23.5 Å². The van der Waals surface area contributed by atoms with E-state index in [4.69, 9.17) is 14.8 Å². The average Bonchev–Trinajstić information content (AvgIpc) is 3.11. The first-order chi connectivity index (χ1) is 13.1. The first-order valence-electron chi connectivity index (χ1n) is 8.53. The monoisotopic (exact) mass is 381 g/mol. The maximum atomic E-state index is 11.6. The lowest BCUT2D eigenvalue weighted by Gasteiger charge is -2.05. The Morgan fingerprint density at radius 3 is 2.52 bits per heavy atom. The molecule has 2 aromatic carbocycles. The normalized spacial score (nSPS) is 11.5. The molecule has 0 radical (unpaired) electrons. The number of para-hydroxylation sites is 1. The number of fused-ring (bicyclic) bond motifs is 1. The van der Waals surface area contributed by atoms with Crippen LogP contribution in [0.3, 0.4) is 0 Å². The van der Waals surface area contributed by atoms with Gasteiger partial charge in [-0.25, -0.2) is 9.78 Å². The second-order valence-corrected chi connectivity index (χ2v) is 7.05. The molecule has 0 aliphatic heterocycles. The number of rotatable bonds is 7. The van der Waals surface area contributed by atoms with Crippen molar-refractivity contribution in [1.29, 1.82) is 0 Å². The van der Waals surface area contributed by atoms with Crippen molar-refractivity contribution < 1.29 is 19.4 Å². The number of benzene rings is 2. The standard InChI is InChI=1S/C21H19NO4S/c1-26-21(25)15-11-9-14(10-12-15)13-16(5-4-8-19(23)24)20-22-17-6-2-3-7-18(17)27-20/h2-3,6-7,9-13H,4-5,8H2,1H3,(H,23,24)/b16-13-. The molecule has 1 heterocycles. The van der Waals surface area contributed by atoms with Crippen LogP contribution in [0.5, 0.6) is 0 Å². The summed E-state index contributed by atoms with van der Waals surface area (Å²) < 4.78 is 5.81. The predicted octanol–water partition coefficient (Wildman–Crippen LogP) is 4.88. The first-order valence-corrected chi connectivity index (χ1v) is 9.35. The molecule has 6 heteroatoms. The van der Waals surface area contributed by atoms with Crippen LogP contribution in [0.25, 0.3) is 21.9 Å². The molecule has 3 aromatic rings. The fourth-order valence-electron chi connectivity index (χ4n) is 2.71. The Labute approximate surface area is 160 Å². The van der Waals surface area contributed by atoms with Gasteiger partial charge < -0.3 is 9.84 Å². The third-order valence-corrected chi connectivity index (χ3v) is 5.19. The van der Waals surface area contributed by atoms with Gasteiger partial charge in [0.05, 0.1) is 22.9 Å². The summed E-state index contributed by atoms with van der Waals surface area (Å²) in [5, 5.41) is 9.82. The number of hydrogen-bond acceptors (Lipinski definition) is 5. The number of hydrogen-bond donors (Lipinski definition) is 1. The van der Waals surface area contributed by atoms with Gasteiger partial charge in [-0.05, 0) is 54.3 Å². The number of carbonyl (C=O) groups excluding carboxylic acids is 1. The van der Waals surface area contributed by atoms with Crippen molar-refractivity contribution in [2.45, 2.75) is 19.3 Å². The Morgan fingerprint density at radius 1 is 1.11 bits per heavy atom. The third-order valence-electron chi connectivity index (χ3n) is 4.08. The van der Waals surface area contributed by atoms with E-state index in [0.29, 0.717) is 18.4 Å². The highest BCUT2D eigenvalue weighted by molar-refractivity contribution is 7.19. The molecule has 0 unspecified atom stereocenters. The summed E-state index contributed by atoms with van der Waals surface area (Å²) >= 11 is 1.59. The third kappa shape index (κ3) is 4.80. The molecule has 138 valence electrons. The number of nitrogens with zero attached hydrogens (tertiary/aromatic N) is 1. The van der Waals surface area contributed by atoms with E-state index in [1.165, 1.54) is 7.11 Å². The molecular formula is C21H19NO4S. The van der Waals surface area contributed by atoms with E-state index in [0.717, 1.165) is 26.4 Å². The van der Waals surface area contributed by atoms with Gasteiger partial charge in [-0.2, -0.15) is 0 Å². The lowest BCUT2D eigenvalue weighted by Crippen LogP contribution is -2.00. The van der Waals surface area contributed by atoms with Gasteiger partial charge in [0.15, 0.2) is 0 Å². The molecule has 0 bridgehead atoms. The first kappa shape index (κ1) is 18.8. The van der Waals surface area contributed by atoms with Crippen molar-refractivity contribution in [2.75, 3.05) is 7.11 Å². The summed E-state index contributed by atoms with van der Waals surface area (Å²) in [5.41, 5.74) is 3.33. The number of carboxylic acid groups (broad SMARTS) is 1. The number of aliphatic carboxylic acids is 1. The molecule has 0 fully saturated rings. The Balaban J connectivity index is 1.91. The molecule has 0 amide bonds. The SMILES string of the molecule is COC(=O)c1ccc(/C=C(/CCCC(=O)O)c2nc3ccccc3s2)cc1. The van der Waals surface area contributed by atoms with E-state index >= 15 is 0 Å². The van der Waals surface area contributed by atoms with E-state index < -0.39 is 5.97 Å². The lowest BCUT2D eigenvalue weighted by molar-refractivity contribution is -0.137. The quantitative estimate of drug-likeness (QED) is 0.590. The van der Waals surface area contributed by atoms with Crippen LogP contribution in [0.2, 0.25) is 0 Å². The number of allylic oxidation sites excluding steroid dienone is 1.